The molecule has 1 aromatic carbocycles. The molecule has 1 fully saturated rings. The smallest absolute Gasteiger partial charge is 0.310 e. The number of benzene rings is 1. The van der Waals surface area contributed by atoms with Gasteiger partial charge in [0.05, 0.1) is 5.56 Å². The average Bonchev–Trinajstić information content (AvgIpc) is 2.29. The summed E-state index contributed by atoms with van der Waals surface area (Å²) in [6.07, 6.45) is -0.175. The molecule has 1 N–H and O–H groups in total. The van der Waals surface area contributed by atoms with Crippen LogP contribution in [0.2, 0.25) is 0 Å². The van der Waals surface area contributed by atoms with Gasteiger partial charge in [-0.3, -0.25) is 0 Å². The lowest BCUT2D eigenvalue weighted by Crippen LogP contribution is -2.27. The van der Waals surface area contributed by atoms with E-state index in [9.17, 15) is 13.2 Å². The second-order valence-corrected chi connectivity index (χ2v) is 3.94. The van der Waals surface area contributed by atoms with E-state index in [4.69, 9.17) is 0 Å². The molecule has 1 heterocycles. The zero-order valence-corrected chi connectivity index (χ0v) is 8.72. The maximum Gasteiger partial charge on any atom is 0.416 e. The van der Waals surface area contributed by atoms with Crippen LogP contribution in [0.4, 0.5) is 13.2 Å². The van der Waals surface area contributed by atoms with E-state index >= 15 is 0 Å². The zero-order valence-electron chi connectivity index (χ0n) is 8.72. The monoisotopic (exact) mass is 228 g/mol. The Bertz CT molecular complexity index is 336. The van der Waals surface area contributed by atoms with Crippen LogP contribution in [0.5, 0.6) is 0 Å². The summed E-state index contributed by atoms with van der Waals surface area (Å²) in [4.78, 5) is 0. The van der Waals surface area contributed by atoms with Crippen molar-refractivity contribution in [1.29, 1.82) is 0 Å². The summed E-state index contributed by atoms with van der Waals surface area (Å²) in [7, 11) is 0. The van der Waals surface area contributed by atoms with Crippen molar-refractivity contribution in [2.75, 3.05) is 6.54 Å². The maximum absolute atomic E-state index is 12.3. The van der Waals surface area contributed by atoms with E-state index in [0.29, 0.717) is 0 Å². The van der Waals surface area contributed by atoms with Gasteiger partial charge in [0.2, 0.25) is 0 Å². The minimum absolute atomic E-state index is 0.163. The molecule has 87 valence electrons. The van der Waals surface area contributed by atoms with Gasteiger partial charge in [0.15, 0.2) is 0 Å². The van der Waals surface area contributed by atoms with Crippen LogP contribution >= 0.6 is 0 Å². The van der Waals surface area contributed by atoms with Crippen LogP contribution in [0, 0.1) is 6.42 Å². The Hall–Kier alpha value is -1.03. The summed E-state index contributed by atoms with van der Waals surface area (Å²) in [5.74, 6) is 0. The highest BCUT2D eigenvalue weighted by Gasteiger charge is 2.30. The van der Waals surface area contributed by atoms with Gasteiger partial charge in [0.25, 0.3) is 0 Å². The fourth-order valence-electron chi connectivity index (χ4n) is 1.89. The fraction of sp³-hybridized carbons (Fsp3) is 0.417. The molecular formula is C12H13F3N. The first kappa shape index (κ1) is 11.5. The highest BCUT2D eigenvalue weighted by Crippen LogP contribution is 2.30. The van der Waals surface area contributed by atoms with Gasteiger partial charge in [0.1, 0.15) is 0 Å². The van der Waals surface area contributed by atoms with E-state index in [2.05, 4.69) is 11.7 Å². The number of piperidine rings is 1. The van der Waals surface area contributed by atoms with Crippen molar-refractivity contribution in [2.45, 2.75) is 25.1 Å². The van der Waals surface area contributed by atoms with Gasteiger partial charge in [-0.2, -0.15) is 13.2 Å². The van der Waals surface area contributed by atoms with Gasteiger partial charge in [-0.25, -0.2) is 0 Å². The minimum Gasteiger partial charge on any atom is -0.310 e. The molecule has 1 aliphatic rings. The number of hydrogen-bond donors (Lipinski definition) is 1. The van der Waals surface area contributed by atoms with E-state index in [-0.39, 0.29) is 6.04 Å². The molecule has 1 radical (unpaired) electrons. The van der Waals surface area contributed by atoms with Crippen molar-refractivity contribution in [3.8, 4) is 0 Å². The average molecular weight is 228 g/mol. The molecule has 1 aliphatic heterocycles. The molecule has 1 saturated heterocycles. The van der Waals surface area contributed by atoms with Gasteiger partial charge < -0.3 is 5.32 Å². The van der Waals surface area contributed by atoms with Crippen molar-refractivity contribution >= 4 is 0 Å². The lowest BCUT2D eigenvalue weighted by atomic mass is 9.97. The summed E-state index contributed by atoms with van der Waals surface area (Å²) in [5.41, 5.74) is 0.333. The van der Waals surface area contributed by atoms with Crippen LogP contribution in [-0.4, -0.2) is 6.54 Å². The standard InChI is InChI=1S/C12H13F3N/c13-12(14,15)10-6-4-9(5-7-10)11-3-1-2-8-16-11/h1,4-7,11,16H,2-3,8H2/t11-/m0/s1. The lowest BCUT2D eigenvalue weighted by Gasteiger charge is -2.23. The van der Waals surface area contributed by atoms with E-state index in [0.717, 1.165) is 37.1 Å². The normalized spacial score (nSPS) is 22.1. The summed E-state index contributed by atoms with van der Waals surface area (Å²) in [6.45, 7) is 0.895. The van der Waals surface area contributed by atoms with Gasteiger partial charge in [-0.15, -0.1) is 0 Å². The first-order valence-electron chi connectivity index (χ1n) is 5.29. The largest absolute Gasteiger partial charge is 0.416 e. The van der Waals surface area contributed by atoms with Crippen LogP contribution in [0.25, 0.3) is 0 Å². The first-order chi connectivity index (χ1) is 7.57. The van der Waals surface area contributed by atoms with Crippen molar-refractivity contribution in [1.82, 2.24) is 5.32 Å². The summed E-state index contributed by atoms with van der Waals surface area (Å²) in [6, 6.07) is 5.56. The Labute approximate surface area is 92.7 Å². The zero-order chi connectivity index (χ0) is 11.6. The summed E-state index contributed by atoms with van der Waals surface area (Å²) in [5, 5.41) is 3.28. The van der Waals surface area contributed by atoms with E-state index < -0.39 is 11.7 Å². The second kappa shape index (κ2) is 4.45. The van der Waals surface area contributed by atoms with Gasteiger partial charge in [-0.1, -0.05) is 12.1 Å². The third kappa shape index (κ3) is 2.55. The van der Waals surface area contributed by atoms with Crippen molar-refractivity contribution in [3.63, 3.8) is 0 Å². The Kier molecular flexibility index (Phi) is 3.19. The van der Waals surface area contributed by atoms with Crippen molar-refractivity contribution in [2.24, 2.45) is 0 Å². The molecule has 0 aromatic heterocycles. The topological polar surface area (TPSA) is 12.0 Å². The fourth-order valence-corrected chi connectivity index (χ4v) is 1.89. The molecule has 0 bridgehead atoms. The molecule has 1 atom stereocenters. The molecule has 1 aromatic rings. The lowest BCUT2D eigenvalue weighted by molar-refractivity contribution is -0.137. The van der Waals surface area contributed by atoms with E-state index in [1.165, 1.54) is 0 Å². The van der Waals surface area contributed by atoms with Crippen LogP contribution in [0.15, 0.2) is 24.3 Å². The Balaban J connectivity index is 2.12. The highest BCUT2D eigenvalue weighted by atomic mass is 19.4. The summed E-state index contributed by atoms with van der Waals surface area (Å²) >= 11 is 0. The second-order valence-electron chi connectivity index (χ2n) is 3.94. The first-order valence-corrected chi connectivity index (χ1v) is 5.29. The van der Waals surface area contributed by atoms with Crippen LogP contribution in [-0.2, 0) is 6.18 Å². The quantitative estimate of drug-likeness (QED) is 0.777. The predicted octanol–water partition coefficient (Wildman–Crippen LogP) is 3.33. The number of rotatable bonds is 1. The molecule has 16 heavy (non-hydrogen) atoms. The molecular weight excluding hydrogens is 215 g/mol. The maximum atomic E-state index is 12.3. The molecule has 0 aliphatic carbocycles. The van der Waals surface area contributed by atoms with Crippen molar-refractivity contribution in [3.05, 3.63) is 41.8 Å². The van der Waals surface area contributed by atoms with Gasteiger partial charge >= 0.3 is 6.18 Å². The van der Waals surface area contributed by atoms with E-state index in [1.54, 1.807) is 12.1 Å². The molecule has 0 amide bonds. The molecule has 2 rings (SSSR count). The van der Waals surface area contributed by atoms with Crippen LogP contribution in [0.3, 0.4) is 0 Å². The third-order valence-electron chi connectivity index (χ3n) is 2.78. The molecule has 0 spiro atoms. The Morgan fingerprint density at radius 1 is 1.12 bits per heavy atom. The van der Waals surface area contributed by atoms with E-state index in [1.807, 2.05) is 0 Å². The van der Waals surface area contributed by atoms with Gasteiger partial charge in [0, 0.05) is 6.04 Å². The van der Waals surface area contributed by atoms with Crippen LogP contribution in [0.1, 0.15) is 30.0 Å². The van der Waals surface area contributed by atoms with Gasteiger partial charge in [-0.05, 0) is 43.5 Å². The third-order valence-corrected chi connectivity index (χ3v) is 2.78. The highest BCUT2D eigenvalue weighted by molar-refractivity contribution is 5.27. The Morgan fingerprint density at radius 3 is 2.31 bits per heavy atom. The molecule has 0 unspecified atom stereocenters. The predicted molar refractivity (Wildman–Crippen MR) is 55.7 cm³/mol. The SMILES string of the molecule is FC(F)(F)c1ccc([C@@H]2C[CH]CCN2)cc1. The van der Waals surface area contributed by atoms with Crippen molar-refractivity contribution < 1.29 is 13.2 Å². The number of nitrogens with one attached hydrogen (secondary N) is 1. The minimum atomic E-state index is -4.25. The number of halogens is 3. The number of hydrogen-bond acceptors (Lipinski definition) is 1. The molecule has 0 saturated carbocycles. The summed E-state index contributed by atoms with van der Waals surface area (Å²) < 4.78 is 37.0. The Morgan fingerprint density at radius 2 is 1.81 bits per heavy atom. The molecule has 4 heteroatoms. The molecule has 1 nitrogen and oxygen atoms in total. The number of alkyl halides is 3. The van der Waals surface area contributed by atoms with Crippen LogP contribution < -0.4 is 5.32 Å².